The lowest BCUT2D eigenvalue weighted by atomic mass is 9.96. The Morgan fingerprint density at radius 3 is 3.00 bits per heavy atom. The van der Waals surface area contributed by atoms with Crippen molar-refractivity contribution in [3.05, 3.63) is 35.1 Å². The van der Waals surface area contributed by atoms with Crippen molar-refractivity contribution < 1.29 is 4.39 Å². The minimum atomic E-state index is -0.177. The van der Waals surface area contributed by atoms with Crippen LogP contribution < -0.4 is 11.3 Å². The predicted octanol–water partition coefficient (Wildman–Crippen LogP) is 1.56. The van der Waals surface area contributed by atoms with E-state index < -0.39 is 0 Å². The molecule has 3 nitrogen and oxygen atoms in total. The molecule has 1 saturated heterocycles. The van der Waals surface area contributed by atoms with Gasteiger partial charge in [0.2, 0.25) is 0 Å². The van der Waals surface area contributed by atoms with E-state index in [4.69, 9.17) is 5.84 Å². The lowest BCUT2D eigenvalue weighted by molar-refractivity contribution is 0.214. The van der Waals surface area contributed by atoms with Crippen molar-refractivity contribution in [1.82, 2.24) is 10.3 Å². The molecule has 0 saturated carbocycles. The van der Waals surface area contributed by atoms with Crippen LogP contribution in [0, 0.1) is 12.7 Å². The number of aryl methyl sites for hydroxylation is 1. The molecule has 0 bridgehead atoms. The van der Waals surface area contributed by atoms with Crippen LogP contribution in [0.2, 0.25) is 0 Å². The van der Waals surface area contributed by atoms with E-state index in [1.807, 2.05) is 24.8 Å². The Bertz CT molecular complexity index is 427. The third-order valence-corrected chi connectivity index (χ3v) is 4.91. The molecule has 2 atom stereocenters. The van der Waals surface area contributed by atoms with Gasteiger partial charge in [0.05, 0.1) is 0 Å². The molecule has 0 radical (unpaired) electrons. The molecular formula is C14H22FN3S. The van der Waals surface area contributed by atoms with Crippen molar-refractivity contribution in [3.8, 4) is 0 Å². The van der Waals surface area contributed by atoms with E-state index in [9.17, 15) is 4.39 Å². The summed E-state index contributed by atoms with van der Waals surface area (Å²) in [6, 6.07) is 5.60. The van der Waals surface area contributed by atoms with E-state index in [2.05, 4.69) is 17.4 Å². The minimum absolute atomic E-state index is 0.177. The van der Waals surface area contributed by atoms with Crippen LogP contribution in [0.3, 0.4) is 0 Å². The quantitative estimate of drug-likeness (QED) is 0.650. The SMILES string of the molecule is Cc1cc(F)ccc1CC(NN)C1CSCCN1C. The average Bonchev–Trinajstić information content (AvgIpc) is 2.39. The van der Waals surface area contributed by atoms with Crippen LogP contribution in [-0.4, -0.2) is 42.1 Å². The van der Waals surface area contributed by atoms with Gasteiger partial charge in [-0.15, -0.1) is 0 Å². The fourth-order valence-electron chi connectivity index (χ4n) is 2.56. The second-order valence-electron chi connectivity index (χ2n) is 5.17. The van der Waals surface area contributed by atoms with Gasteiger partial charge in [-0.1, -0.05) is 6.07 Å². The number of benzene rings is 1. The van der Waals surface area contributed by atoms with Crippen LogP contribution in [0.1, 0.15) is 11.1 Å². The Morgan fingerprint density at radius 1 is 1.58 bits per heavy atom. The Morgan fingerprint density at radius 2 is 2.37 bits per heavy atom. The zero-order chi connectivity index (χ0) is 13.8. The van der Waals surface area contributed by atoms with Gasteiger partial charge in [0.25, 0.3) is 0 Å². The third kappa shape index (κ3) is 3.69. The van der Waals surface area contributed by atoms with E-state index in [1.54, 1.807) is 6.07 Å². The molecule has 1 heterocycles. The number of hydrogen-bond acceptors (Lipinski definition) is 4. The molecule has 2 rings (SSSR count). The average molecular weight is 283 g/mol. The lowest BCUT2D eigenvalue weighted by Gasteiger charge is -2.37. The first-order valence-corrected chi connectivity index (χ1v) is 7.76. The molecule has 0 aromatic heterocycles. The molecular weight excluding hydrogens is 261 g/mol. The largest absolute Gasteiger partial charge is 0.300 e. The summed E-state index contributed by atoms with van der Waals surface area (Å²) in [5.74, 6) is 7.83. The second kappa shape index (κ2) is 6.70. The highest BCUT2D eigenvalue weighted by atomic mass is 32.2. The van der Waals surface area contributed by atoms with Crippen LogP contribution in [-0.2, 0) is 6.42 Å². The molecule has 3 N–H and O–H groups in total. The van der Waals surface area contributed by atoms with E-state index in [1.165, 1.54) is 11.8 Å². The summed E-state index contributed by atoms with van der Waals surface area (Å²) in [6.45, 7) is 3.04. The fraction of sp³-hybridized carbons (Fsp3) is 0.571. The molecule has 0 aliphatic carbocycles. The number of likely N-dealkylation sites (N-methyl/N-ethyl adjacent to an activating group) is 1. The summed E-state index contributed by atoms with van der Waals surface area (Å²) in [4.78, 5) is 2.36. The predicted molar refractivity (Wildman–Crippen MR) is 79.7 cm³/mol. The highest BCUT2D eigenvalue weighted by Crippen LogP contribution is 2.20. The molecule has 19 heavy (non-hydrogen) atoms. The maximum atomic E-state index is 13.1. The van der Waals surface area contributed by atoms with Crippen LogP contribution in [0.25, 0.3) is 0 Å². The number of hydrogen-bond donors (Lipinski definition) is 2. The Hall–Kier alpha value is -0.620. The Kier molecular flexibility index (Phi) is 5.21. The first kappa shape index (κ1) is 14.8. The molecule has 1 aromatic rings. The summed E-state index contributed by atoms with van der Waals surface area (Å²) in [7, 11) is 2.15. The standard InChI is InChI=1S/C14H22FN3S/c1-10-7-12(15)4-3-11(10)8-13(17-16)14-9-19-6-5-18(14)2/h3-4,7,13-14,17H,5-6,8-9,16H2,1-2H3. The van der Waals surface area contributed by atoms with E-state index in [-0.39, 0.29) is 11.9 Å². The molecule has 0 amide bonds. The number of rotatable bonds is 4. The number of nitrogens with one attached hydrogen (secondary N) is 1. The summed E-state index contributed by atoms with van der Waals surface area (Å²) >= 11 is 1.97. The van der Waals surface area contributed by atoms with Crippen LogP contribution in [0.5, 0.6) is 0 Å². The normalized spacial score (nSPS) is 22.4. The first-order valence-electron chi connectivity index (χ1n) is 6.61. The molecule has 0 spiro atoms. The second-order valence-corrected chi connectivity index (χ2v) is 6.32. The number of nitrogens with zero attached hydrogens (tertiary/aromatic N) is 1. The van der Waals surface area contributed by atoms with E-state index >= 15 is 0 Å². The van der Waals surface area contributed by atoms with Crippen molar-refractivity contribution in [2.45, 2.75) is 25.4 Å². The molecule has 1 fully saturated rings. The number of halogens is 1. The van der Waals surface area contributed by atoms with Crippen molar-refractivity contribution >= 4 is 11.8 Å². The van der Waals surface area contributed by atoms with Gasteiger partial charge >= 0.3 is 0 Å². The van der Waals surface area contributed by atoms with Gasteiger partial charge in [-0.05, 0) is 43.7 Å². The summed E-state index contributed by atoms with van der Waals surface area (Å²) in [5, 5.41) is 0. The number of nitrogens with two attached hydrogens (primary N) is 1. The van der Waals surface area contributed by atoms with Crippen molar-refractivity contribution in [2.24, 2.45) is 5.84 Å². The smallest absolute Gasteiger partial charge is 0.123 e. The molecule has 2 unspecified atom stereocenters. The lowest BCUT2D eigenvalue weighted by Crippen LogP contribution is -2.55. The number of thioether (sulfide) groups is 1. The molecule has 1 aromatic carbocycles. The Labute approximate surface area is 118 Å². The van der Waals surface area contributed by atoms with Gasteiger partial charge in [0.15, 0.2) is 0 Å². The van der Waals surface area contributed by atoms with Crippen molar-refractivity contribution in [2.75, 3.05) is 25.1 Å². The molecule has 1 aliphatic heterocycles. The van der Waals surface area contributed by atoms with Crippen LogP contribution in [0.4, 0.5) is 4.39 Å². The minimum Gasteiger partial charge on any atom is -0.300 e. The summed E-state index contributed by atoms with van der Waals surface area (Å²) in [6.07, 6.45) is 0.832. The van der Waals surface area contributed by atoms with Gasteiger partial charge in [0, 0.05) is 30.1 Å². The van der Waals surface area contributed by atoms with Gasteiger partial charge in [-0.25, -0.2) is 4.39 Å². The molecule has 1 aliphatic rings. The zero-order valence-corrected chi connectivity index (χ0v) is 12.3. The van der Waals surface area contributed by atoms with Gasteiger partial charge in [0.1, 0.15) is 5.82 Å². The highest BCUT2D eigenvalue weighted by molar-refractivity contribution is 7.99. The summed E-state index contributed by atoms with van der Waals surface area (Å²) in [5.41, 5.74) is 5.10. The zero-order valence-electron chi connectivity index (χ0n) is 11.5. The van der Waals surface area contributed by atoms with Crippen molar-refractivity contribution in [1.29, 1.82) is 0 Å². The monoisotopic (exact) mass is 283 g/mol. The van der Waals surface area contributed by atoms with Gasteiger partial charge < -0.3 is 4.90 Å². The van der Waals surface area contributed by atoms with Crippen molar-refractivity contribution in [3.63, 3.8) is 0 Å². The molecule has 5 heteroatoms. The van der Waals surface area contributed by atoms with Crippen LogP contribution >= 0.6 is 11.8 Å². The molecule has 106 valence electrons. The first-order chi connectivity index (χ1) is 9.11. The topological polar surface area (TPSA) is 41.3 Å². The Balaban J connectivity index is 2.09. The summed E-state index contributed by atoms with van der Waals surface area (Å²) < 4.78 is 13.1. The van der Waals surface area contributed by atoms with Crippen LogP contribution in [0.15, 0.2) is 18.2 Å². The number of hydrazine groups is 1. The fourth-order valence-corrected chi connectivity index (χ4v) is 3.87. The van der Waals surface area contributed by atoms with Gasteiger partial charge in [-0.3, -0.25) is 11.3 Å². The maximum absolute atomic E-state index is 13.1. The third-order valence-electron chi connectivity index (χ3n) is 3.87. The van der Waals surface area contributed by atoms with E-state index in [0.717, 1.165) is 29.8 Å². The highest BCUT2D eigenvalue weighted by Gasteiger charge is 2.27. The maximum Gasteiger partial charge on any atom is 0.123 e. The van der Waals surface area contributed by atoms with E-state index in [0.29, 0.717) is 6.04 Å². The van der Waals surface area contributed by atoms with Gasteiger partial charge in [-0.2, -0.15) is 11.8 Å².